The second kappa shape index (κ2) is 28.5. The van der Waals surface area contributed by atoms with E-state index in [1.54, 1.807) is 86.6 Å². The average molecular weight is 1050 g/mol. The molecule has 2 aromatic carbocycles. The second-order valence-corrected chi connectivity index (χ2v) is 21.1. The molecule has 23 heteroatoms. The summed E-state index contributed by atoms with van der Waals surface area (Å²) in [5.74, 6) is -1.57. The number of nitrogens with zero attached hydrogens (tertiary/aromatic N) is 2. The molecule has 2 aromatic rings. The van der Waals surface area contributed by atoms with Gasteiger partial charge in [0, 0.05) is 43.7 Å². The number of carbonyl (C=O) groups is 7. The molecular formula is C51H76N6O17. The molecule has 0 bridgehead atoms. The Morgan fingerprint density at radius 2 is 0.919 bits per heavy atom. The quantitative estimate of drug-likeness (QED) is 0.0385. The molecule has 0 saturated heterocycles. The van der Waals surface area contributed by atoms with Crippen molar-refractivity contribution >= 4 is 53.5 Å². The summed E-state index contributed by atoms with van der Waals surface area (Å²) in [5, 5.41) is 29.9. The van der Waals surface area contributed by atoms with Crippen LogP contribution in [0, 0.1) is 31.1 Å². The van der Waals surface area contributed by atoms with Gasteiger partial charge in [0.25, 0.3) is 11.4 Å². The van der Waals surface area contributed by atoms with Crippen LogP contribution in [0.1, 0.15) is 138 Å². The van der Waals surface area contributed by atoms with Gasteiger partial charge < -0.3 is 50.1 Å². The molecule has 4 rings (SSSR count). The Bertz CT molecular complexity index is 2190. The van der Waals surface area contributed by atoms with E-state index >= 15 is 0 Å². The standard InChI is InChI=1S/C23H33N3O7.C18H25N3O5.C10H18O5/c1-22(2,3)33-21(29)24-14-13-23(11-5-6-12-23)20(28)25-18(19(27)32-4)15-16-7-9-17(10-8-16)26(30)31;1-26-16(22)15(12-13-4-6-14(7-5-13)21(24)25)20-17(23)18(10-11-19)8-2-3-9-18;1-9(2,3)14-7(11)13-8(12)15-10(4,5)6/h7-10,18H,5-6,11-15H2,1-4H3,(H,24,29)(H,25,28);4-7,15H,2-3,8-12,19H2,1H3,(H,20,23);1-6H3. The lowest BCUT2D eigenvalue weighted by atomic mass is 9.81. The number of esters is 2. The van der Waals surface area contributed by atoms with Gasteiger partial charge in [-0.1, -0.05) is 49.9 Å². The van der Waals surface area contributed by atoms with E-state index in [9.17, 15) is 53.8 Å². The molecule has 0 radical (unpaired) electrons. The smallest absolute Gasteiger partial charge is 0.467 e. The zero-order chi connectivity index (χ0) is 56.1. The number of hydrogen-bond donors (Lipinski definition) is 4. The van der Waals surface area contributed by atoms with E-state index in [1.165, 1.54) is 38.5 Å². The largest absolute Gasteiger partial charge is 0.519 e. The van der Waals surface area contributed by atoms with E-state index in [4.69, 9.17) is 29.4 Å². The molecule has 74 heavy (non-hydrogen) atoms. The van der Waals surface area contributed by atoms with E-state index < -0.39 is 79.9 Å². The van der Waals surface area contributed by atoms with Crippen LogP contribution in [0.3, 0.4) is 0 Å². The van der Waals surface area contributed by atoms with Crippen LogP contribution in [0.15, 0.2) is 48.5 Å². The molecule has 3 amide bonds. The number of nitro groups is 2. The van der Waals surface area contributed by atoms with Gasteiger partial charge in [0.2, 0.25) is 11.8 Å². The lowest BCUT2D eigenvalue weighted by Crippen LogP contribution is -2.50. The number of hydrogen-bond acceptors (Lipinski definition) is 18. The minimum absolute atomic E-state index is 0.0275. The fraction of sp³-hybridized carbons (Fsp3) is 0.627. The molecule has 412 valence electrons. The molecule has 23 nitrogen and oxygen atoms in total. The third-order valence-electron chi connectivity index (χ3n) is 11.7. The number of benzene rings is 2. The molecule has 5 N–H and O–H groups in total. The number of nitrogens with one attached hydrogen (secondary N) is 3. The number of nitro benzene ring substituents is 2. The Morgan fingerprint density at radius 3 is 1.22 bits per heavy atom. The van der Waals surface area contributed by atoms with Gasteiger partial charge in [-0.25, -0.2) is 24.0 Å². The number of methoxy groups -OCH3 is 2. The molecule has 2 atom stereocenters. The lowest BCUT2D eigenvalue weighted by Gasteiger charge is -2.30. The highest BCUT2D eigenvalue weighted by Gasteiger charge is 2.43. The number of nitrogens with two attached hydrogens (primary N) is 1. The monoisotopic (exact) mass is 1040 g/mol. The first kappa shape index (κ1) is 63.2. The highest BCUT2D eigenvalue weighted by molar-refractivity contribution is 5.89. The molecule has 0 spiro atoms. The number of amides is 3. The molecule has 0 aliphatic heterocycles. The first-order chi connectivity index (χ1) is 34.4. The summed E-state index contributed by atoms with van der Waals surface area (Å²) in [7, 11) is 2.51. The Kier molecular flexibility index (Phi) is 24.4. The minimum Gasteiger partial charge on any atom is -0.467 e. The molecule has 2 fully saturated rings. The van der Waals surface area contributed by atoms with Crippen molar-refractivity contribution < 1.29 is 71.8 Å². The van der Waals surface area contributed by atoms with E-state index in [1.807, 2.05) is 0 Å². The van der Waals surface area contributed by atoms with Crippen LogP contribution >= 0.6 is 0 Å². The summed E-state index contributed by atoms with van der Waals surface area (Å²) >= 11 is 0. The number of rotatable bonds is 17. The summed E-state index contributed by atoms with van der Waals surface area (Å²) in [5.41, 5.74) is 3.74. The van der Waals surface area contributed by atoms with E-state index in [2.05, 4.69) is 20.7 Å². The predicted octanol–water partition coefficient (Wildman–Crippen LogP) is 7.85. The number of alkyl carbamates (subject to hydrolysis) is 1. The summed E-state index contributed by atoms with van der Waals surface area (Å²) in [6.45, 7) is 16.0. The molecule has 2 saturated carbocycles. The van der Waals surface area contributed by atoms with Gasteiger partial charge in [-0.05, 0) is 119 Å². The maximum absolute atomic E-state index is 13.3. The van der Waals surface area contributed by atoms with Crippen LogP contribution < -0.4 is 21.7 Å². The number of ether oxygens (including phenoxy) is 6. The maximum atomic E-state index is 13.3. The topological polar surface area (TPSA) is 323 Å². The van der Waals surface area contributed by atoms with Crippen LogP contribution in [0.25, 0.3) is 0 Å². The van der Waals surface area contributed by atoms with Crippen molar-refractivity contribution in [2.75, 3.05) is 27.3 Å². The van der Waals surface area contributed by atoms with Gasteiger partial charge >= 0.3 is 30.3 Å². The third kappa shape index (κ3) is 22.5. The van der Waals surface area contributed by atoms with E-state index in [0.717, 1.165) is 38.5 Å². The normalized spacial score (nSPS) is 15.4. The minimum atomic E-state index is -1.06. The van der Waals surface area contributed by atoms with Gasteiger partial charge in [-0.3, -0.25) is 29.8 Å². The lowest BCUT2D eigenvalue weighted by molar-refractivity contribution is -0.385. The van der Waals surface area contributed by atoms with Crippen molar-refractivity contribution in [3.8, 4) is 0 Å². The van der Waals surface area contributed by atoms with Gasteiger partial charge in [0.05, 0.1) is 34.9 Å². The average Bonchev–Trinajstić information content (AvgIpc) is 3.99. The van der Waals surface area contributed by atoms with Gasteiger partial charge in [-0.2, -0.15) is 0 Å². The fourth-order valence-corrected chi connectivity index (χ4v) is 8.16. The van der Waals surface area contributed by atoms with Gasteiger partial charge in [-0.15, -0.1) is 0 Å². The van der Waals surface area contributed by atoms with Crippen molar-refractivity contribution in [1.82, 2.24) is 16.0 Å². The van der Waals surface area contributed by atoms with Crippen LogP contribution in [0.2, 0.25) is 0 Å². The Hall–Kier alpha value is -6.91. The zero-order valence-electron chi connectivity index (χ0n) is 44.6. The Morgan fingerprint density at radius 1 is 0.581 bits per heavy atom. The molecule has 2 aliphatic rings. The maximum Gasteiger partial charge on any atom is 0.519 e. The Labute approximate surface area is 432 Å². The van der Waals surface area contributed by atoms with Crippen molar-refractivity contribution in [3.63, 3.8) is 0 Å². The van der Waals surface area contributed by atoms with Crippen LogP contribution in [-0.2, 0) is 60.4 Å². The van der Waals surface area contributed by atoms with Crippen LogP contribution in [0.5, 0.6) is 0 Å². The molecular weight excluding hydrogens is 969 g/mol. The highest BCUT2D eigenvalue weighted by atomic mass is 16.8. The van der Waals surface area contributed by atoms with Gasteiger partial charge in [0.15, 0.2) is 0 Å². The Balaban J connectivity index is 0.000000407. The third-order valence-corrected chi connectivity index (χ3v) is 11.7. The first-order valence-corrected chi connectivity index (χ1v) is 24.4. The van der Waals surface area contributed by atoms with Crippen molar-refractivity contribution in [1.29, 1.82) is 0 Å². The summed E-state index contributed by atoms with van der Waals surface area (Å²) in [6.07, 6.45) is 5.23. The van der Waals surface area contributed by atoms with Crippen LogP contribution in [-0.4, -0.2) is 108 Å². The SMILES string of the molecule is CC(C)(C)OC(=O)OC(=O)OC(C)(C)C.COC(=O)C(Cc1ccc([N+](=O)[O-])cc1)NC(=O)C1(CCN)CCCC1.COC(=O)C(Cc1ccc([N+](=O)[O-])cc1)NC(=O)C1(CCNC(=O)OC(C)(C)C)CCCC1. The molecule has 2 aliphatic carbocycles. The summed E-state index contributed by atoms with van der Waals surface area (Å²) in [6, 6.07) is 9.93. The molecule has 0 aromatic heterocycles. The fourth-order valence-electron chi connectivity index (χ4n) is 8.16. The molecule has 0 heterocycles. The van der Waals surface area contributed by atoms with Gasteiger partial charge in [0.1, 0.15) is 28.9 Å². The summed E-state index contributed by atoms with van der Waals surface area (Å²) < 4.78 is 28.7. The predicted molar refractivity (Wildman–Crippen MR) is 269 cm³/mol. The zero-order valence-corrected chi connectivity index (χ0v) is 44.6. The summed E-state index contributed by atoms with van der Waals surface area (Å²) in [4.78, 5) is 105. The van der Waals surface area contributed by atoms with E-state index in [-0.39, 0.29) is 42.6 Å². The first-order valence-electron chi connectivity index (χ1n) is 24.4. The second-order valence-electron chi connectivity index (χ2n) is 21.1. The van der Waals surface area contributed by atoms with Crippen molar-refractivity contribution in [2.24, 2.45) is 16.6 Å². The van der Waals surface area contributed by atoms with Crippen LogP contribution in [0.4, 0.5) is 25.8 Å². The number of non-ortho nitro benzene ring substituents is 2. The van der Waals surface area contributed by atoms with E-state index in [0.29, 0.717) is 43.4 Å². The number of carbonyl (C=O) groups excluding carboxylic acids is 7. The highest BCUT2D eigenvalue weighted by Crippen LogP contribution is 2.42. The van der Waals surface area contributed by atoms with Crippen molar-refractivity contribution in [2.45, 2.75) is 168 Å². The molecule has 2 unspecified atom stereocenters. The van der Waals surface area contributed by atoms with Crippen molar-refractivity contribution in [3.05, 3.63) is 79.9 Å².